The second-order valence-electron chi connectivity index (χ2n) is 5.78. The number of carbonyl (C=O) groups excluding carboxylic acids is 2. The Morgan fingerprint density at radius 3 is 2.72 bits per heavy atom. The van der Waals surface area contributed by atoms with Crippen LogP contribution >= 0.6 is 24.0 Å². The zero-order valence-corrected chi connectivity index (χ0v) is 16.0. The van der Waals surface area contributed by atoms with Crippen molar-refractivity contribution in [2.75, 3.05) is 13.2 Å². The van der Waals surface area contributed by atoms with Gasteiger partial charge >= 0.3 is 5.97 Å². The van der Waals surface area contributed by atoms with Crippen LogP contribution in [0.2, 0.25) is 0 Å². The summed E-state index contributed by atoms with van der Waals surface area (Å²) in [4.78, 5) is 26.7. The number of rotatable bonds is 9. The minimum atomic E-state index is -0.207. The first kappa shape index (κ1) is 19.7. The normalized spacial score (nSPS) is 15.9. The Bertz CT molecular complexity index is 643. The predicted octanol–water partition coefficient (Wildman–Crippen LogP) is 5.04. The summed E-state index contributed by atoms with van der Waals surface area (Å²) in [5.41, 5.74) is 1.01. The molecule has 1 aromatic carbocycles. The second kappa shape index (κ2) is 10.4. The Hall–Kier alpha value is -1.66. The molecule has 1 aliphatic rings. The molecule has 1 saturated heterocycles. The number of benzene rings is 1. The summed E-state index contributed by atoms with van der Waals surface area (Å²) in [7, 11) is 0. The van der Waals surface area contributed by atoms with E-state index in [-0.39, 0.29) is 11.2 Å². The van der Waals surface area contributed by atoms with Gasteiger partial charge in [-0.3, -0.25) is 14.5 Å². The Kier molecular flexibility index (Phi) is 8.15. The van der Waals surface area contributed by atoms with Crippen LogP contribution in [0.1, 0.15) is 44.6 Å². The van der Waals surface area contributed by atoms with Crippen molar-refractivity contribution in [2.45, 2.75) is 39.0 Å². The van der Waals surface area contributed by atoms with Crippen molar-refractivity contribution in [3.63, 3.8) is 0 Å². The summed E-state index contributed by atoms with van der Waals surface area (Å²) >= 11 is 6.56. The van der Waals surface area contributed by atoms with E-state index in [1.54, 1.807) is 4.90 Å². The molecule has 1 aliphatic heterocycles. The second-order valence-corrected chi connectivity index (χ2v) is 7.16. The van der Waals surface area contributed by atoms with E-state index in [0.29, 0.717) is 31.0 Å². The molecule has 0 aromatic heterocycles. The number of ether oxygens (including phenoxy) is 1. The molecule has 0 bridgehead atoms. The molecule has 0 spiro atoms. The van der Waals surface area contributed by atoms with Crippen LogP contribution in [0.25, 0.3) is 6.08 Å². The van der Waals surface area contributed by atoms with E-state index in [2.05, 4.69) is 6.92 Å². The molecule has 1 heterocycles. The van der Waals surface area contributed by atoms with Crippen LogP contribution in [0.15, 0.2) is 35.2 Å². The first-order valence-electron chi connectivity index (χ1n) is 8.58. The maximum absolute atomic E-state index is 12.1. The van der Waals surface area contributed by atoms with Crippen molar-refractivity contribution < 1.29 is 14.3 Å². The van der Waals surface area contributed by atoms with Crippen LogP contribution in [-0.4, -0.2) is 34.2 Å². The molecule has 6 heteroatoms. The number of carbonyl (C=O) groups is 2. The van der Waals surface area contributed by atoms with Gasteiger partial charge in [0, 0.05) is 13.0 Å². The lowest BCUT2D eigenvalue weighted by molar-refractivity contribution is -0.143. The average Bonchev–Trinajstić information content (AvgIpc) is 2.87. The fourth-order valence-electron chi connectivity index (χ4n) is 2.39. The van der Waals surface area contributed by atoms with E-state index in [1.165, 1.54) is 0 Å². The molecule has 1 fully saturated rings. The molecule has 0 saturated carbocycles. The van der Waals surface area contributed by atoms with Gasteiger partial charge in [0.1, 0.15) is 4.99 Å². The van der Waals surface area contributed by atoms with Gasteiger partial charge in [-0.25, -0.2) is 0 Å². The van der Waals surface area contributed by atoms with Crippen molar-refractivity contribution >= 4 is 46.3 Å². The summed E-state index contributed by atoms with van der Waals surface area (Å²) in [5, 5.41) is -0.0801. The molecule has 1 aromatic rings. The van der Waals surface area contributed by atoms with E-state index >= 15 is 0 Å². The van der Waals surface area contributed by atoms with Crippen molar-refractivity contribution in [1.82, 2.24) is 4.90 Å². The van der Waals surface area contributed by atoms with Gasteiger partial charge in [0.25, 0.3) is 5.24 Å². The molecular weight excluding hydrogens is 354 g/mol. The smallest absolute Gasteiger partial charge is 0.305 e. The monoisotopic (exact) mass is 377 g/mol. The number of thioether (sulfide) groups is 1. The highest BCUT2D eigenvalue weighted by Crippen LogP contribution is 2.33. The van der Waals surface area contributed by atoms with Crippen LogP contribution in [0.5, 0.6) is 0 Å². The van der Waals surface area contributed by atoms with Crippen molar-refractivity contribution in [2.24, 2.45) is 0 Å². The van der Waals surface area contributed by atoms with Gasteiger partial charge in [-0.1, -0.05) is 62.3 Å². The topological polar surface area (TPSA) is 46.6 Å². The number of unbranched alkanes of at least 4 members (excludes halogenated alkanes) is 2. The van der Waals surface area contributed by atoms with Gasteiger partial charge < -0.3 is 4.74 Å². The quantitative estimate of drug-likeness (QED) is 0.261. The lowest BCUT2D eigenvalue weighted by Gasteiger charge is -2.14. The van der Waals surface area contributed by atoms with Gasteiger partial charge in [-0.15, -0.1) is 0 Å². The zero-order valence-electron chi connectivity index (χ0n) is 14.4. The number of amides is 1. The molecule has 0 atom stereocenters. The Morgan fingerprint density at radius 1 is 1.24 bits per heavy atom. The molecule has 4 nitrogen and oxygen atoms in total. The van der Waals surface area contributed by atoms with Crippen LogP contribution in [0, 0.1) is 0 Å². The summed E-state index contributed by atoms with van der Waals surface area (Å²) in [5.74, 6) is -0.207. The third-order valence-corrected chi connectivity index (χ3v) is 5.24. The minimum Gasteiger partial charge on any atom is -0.466 e. The molecule has 0 unspecified atom stereocenters. The molecule has 2 rings (SSSR count). The van der Waals surface area contributed by atoms with E-state index in [0.717, 1.165) is 41.5 Å². The van der Waals surface area contributed by atoms with E-state index in [1.807, 2.05) is 36.4 Å². The minimum absolute atomic E-state index is 0.0801. The van der Waals surface area contributed by atoms with E-state index < -0.39 is 0 Å². The van der Waals surface area contributed by atoms with Gasteiger partial charge in [0.2, 0.25) is 0 Å². The lowest BCUT2D eigenvalue weighted by Crippen LogP contribution is -2.28. The number of nitrogens with zero attached hydrogens (tertiary/aromatic N) is 1. The molecular formula is C19H23NO3S2. The van der Waals surface area contributed by atoms with Gasteiger partial charge in [0.05, 0.1) is 11.5 Å². The standard InChI is InChI=1S/C19H23NO3S2/c1-2-3-7-13-23-17(21)11-8-12-20-18(24)16(25-19(20)22)14-15-9-5-4-6-10-15/h4-6,9-10,14H,2-3,7-8,11-13H2,1H3/b16-14+. The van der Waals surface area contributed by atoms with Crippen LogP contribution in [0.3, 0.4) is 0 Å². The zero-order chi connectivity index (χ0) is 18.1. The lowest BCUT2D eigenvalue weighted by atomic mass is 10.2. The molecule has 0 radical (unpaired) electrons. The highest BCUT2D eigenvalue weighted by molar-refractivity contribution is 8.19. The largest absolute Gasteiger partial charge is 0.466 e. The molecule has 25 heavy (non-hydrogen) atoms. The van der Waals surface area contributed by atoms with Crippen molar-refractivity contribution in [3.8, 4) is 0 Å². The molecule has 1 amide bonds. The maximum atomic E-state index is 12.1. The highest BCUT2D eigenvalue weighted by atomic mass is 32.2. The number of esters is 1. The summed E-state index contributed by atoms with van der Waals surface area (Å²) in [6.07, 6.45) is 5.85. The Balaban J connectivity index is 1.79. The third-order valence-electron chi connectivity index (χ3n) is 3.74. The first-order valence-corrected chi connectivity index (χ1v) is 9.80. The molecule has 0 N–H and O–H groups in total. The maximum Gasteiger partial charge on any atom is 0.305 e. The fourth-order valence-corrected chi connectivity index (χ4v) is 3.67. The first-order chi connectivity index (χ1) is 12.1. The average molecular weight is 378 g/mol. The summed E-state index contributed by atoms with van der Waals surface area (Å²) < 4.78 is 5.17. The highest BCUT2D eigenvalue weighted by Gasteiger charge is 2.31. The van der Waals surface area contributed by atoms with E-state index in [9.17, 15) is 9.59 Å². The number of hydrogen-bond donors (Lipinski definition) is 0. The van der Waals surface area contributed by atoms with Crippen molar-refractivity contribution in [3.05, 3.63) is 40.8 Å². The SMILES string of the molecule is CCCCCOC(=O)CCCN1C(=O)S/C(=C/c2ccccc2)C1=S. The number of hydrogen-bond acceptors (Lipinski definition) is 5. The van der Waals surface area contributed by atoms with Gasteiger partial charge in [-0.05, 0) is 36.2 Å². The number of thiocarbonyl (C=S) groups is 1. The summed E-state index contributed by atoms with van der Waals surface area (Å²) in [6.45, 7) is 3.03. The third kappa shape index (κ3) is 6.29. The van der Waals surface area contributed by atoms with Crippen LogP contribution in [-0.2, 0) is 9.53 Å². The Labute approximate surface area is 158 Å². The summed E-state index contributed by atoms with van der Waals surface area (Å²) in [6, 6.07) is 9.78. The van der Waals surface area contributed by atoms with E-state index in [4.69, 9.17) is 17.0 Å². The van der Waals surface area contributed by atoms with Gasteiger partial charge in [0.15, 0.2) is 0 Å². The van der Waals surface area contributed by atoms with Crippen LogP contribution in [0.4, 0.5) is 4.79 Å². The molecule has 0 aliphatic carbocycles. The Morgan fingerprint density at radius 2 is 2.00 bits per heavy atom. The van der Waals surface area contributed by atoms with Crippen molar-refractivity contribution in [1.29, 1.82) is 0 Å². The fraction of sp³-hybridized carbons (Fsp3) is 0.421. The molecule has 134 valence electrons. The predicted molar refractivity (Wildman–Crippen MR) is 106 cm³/mol. The van der Waals surface area contributed by atoms with Gasteiger partial charge in [-0.2, -0.15) is 0 Å². The van der Waals surface area contributed by atoms with Crippen LogP contribution < -0.4 is 0 Å².